The normalized spacial score (nSPS) is 20.3. The zero-order valence-electron chi connectivity index (χ0n) is 19.2. The monoisotopic (exact) mass is 457 g/mol. The van der Waals surface area contributed by atoms with E-state index >= 15 is 0 Å². The molecule has 0 radical (unpaired) electrons. The first kappa shape index (κ1) is 23.0. The van der Waals surface area contributed by atoms with Crippen LogP contribution in [0.3, 0.4) is 0 Å². The molecule has 0 unspecified atom stereocenters. The molecule has 2 heterocycles. The van der Waals surface area contributed by atoms with E-state index in [4.69, 9.17) is 4.74 Å². The summed E-state index contributed by atoms with van der Waals surface area (Å²) < 4.78 is 5.34. The van der Waals surface area contributed by atoms with Crippen LogP contribution >= 0.6 is 0 Å². The quantitative estimate of drug-likeness (QED) is 0.623. The first-order valence-corrected chi connectivity index (χ1v) is 11.4. The molecule has 5 amide bonds. The molecule has 2 aliphatic heterocycles. The minimum atomic E-state index is -0.783. The Morgan fingerprint density at radius 1 is 1.12 bits per heavy atom. The lowest BCUT2D eigenvalue weighted by atomic mass is 9.98. The topological polar surface area (TPSA) is 111 Å². The Morgan fingerprint density at radius 3 is 2.48 bits per heavy atom. The maximum atomic E-state index is 12.9. The molecule has 33 heavy (non-hydrogen) atoms. The minimum absolute atomic E-state index is 0.000478. The molecule has 10 heteroatoms. The number of likely N-dealkylation sites (N-methyl/N-ethyl adjacent to an activating group) is 1. The van der Waals surface area contributed by atoms with Crippen LogP contribution in [0.4, 0.5) is 10.5 Å². The standard InChI is InChI=1S/C23H31N5O5/c1-26-11-13-27(14-12-26)20(30)16-5-6-18(33-2)17(15-16)24-19(29)7-10-28-21(31)23(25-22(28)32)8-3-4-9-23/h5-6,15H,3-4,7-14H2,1-2H3,(H,24,29)(H,25,32). The molecule has 1 aromatic carbocycles. The molecule has 3 fully saturated rings. The SMILES string of the molecule is COc1ccc(C(=O)N2CCN(C)CC2)cc1NC(=O)CCN1C(=O)NC2(CCCC2)C1=O. The highest BCUT2D eigenvalue weighted by atomic mass is 16.5. The largest absolute Gasteiger partial charge is 0.495 e. The number of carbonyl (C=O) groups excluding carboxylic acids is 4. The molecule has 178 valence electrons. The number of piperazine rings is 1. The van der Waals surface area contributed by atoms with Gasteiger partial charge in [-0.15, -0.1) is 0 Å². The first-order chi connectivity index (χ1) is 15.8. The molecular weight excluding hydrogens is 426 g/mol. The number of hydrogen-bond donors (Lipinski definition) is 2. The van der Waals surface area contributed by atoms with Crippen molar-refractivity contribution in [3.63, 3.8) is 0 Å². The first-order valence-electron chi connectivity index (χ1n) is 11.4. The third kappa shape index (κ3) is 4.66. The van der Waals surface area contributed by atoms with Crippen LogP contribution in [0.2, 0.25) is 0 Å². The van der Waals surface area contributed by atoms with Gasteiger partial charge in [-0.05, 0) is 38.1 Å². The van der Waals surface area contributed by atoms with Gasteiger partial charge in [-0.3, -0.25) is 19.3 Å². The Kier molecular flexibility index (Phi) is 6.55. The van der Waals surface area contributed by atoms with Gasteiger partial charge in [-0.25, -0.2) is 4.79 Å². The van der Waals surface area contributed by atoms with Crippen molar-refractivity contribution in [3.05, 3.63) is 23.8 Å². The van der Waals surface area contributed by atoms with E-state index in [1.807, 2.05) is 7.05 Å². The number of nitrogens with one attached hydrogen (secondary N) is 2. The number of nitrogens with zero attached hydrogens (tertiary/aromatic N) is 3. The summed E-state index contributed by atoms with van der Waals surface area (Å²) in [5.41, 5.74) is 0.0641. The summed E-state index contributed by atoms with van der Waals surface area (Å²) in [6.45, 7) is 2.93. The Bertz CT molecular complexity index is 951. The lowest BCUT2D eigenvalue weighted by Gasteiger charge is -2.32. The van der Waals surface area contributed by atoms with Gasteiger partial charge in [0.05, 0.1) is 12.8 Å². The molecule has 1 spiro atoms. The van der Waals surface area contributed by atoms with Crippen molar-refractivity contribution in [3.8, 4) is 5.75 Å². The van der Waals surface area contributed by atoms with Gasteiger partial charge < -0.3 is 25.2 Å². The third-order valence-electron chi connectivity index (χ3n) is 6.78. The molecule has 2 saturated heterocycles. The number of anilines is 1. The molecule has 1 aromatic rings. The van der Waals surface area contributed by atoms with Crippen LogP contribution in [0, 0.1) is 0 Å². The average molecular weight is 458 g/mol. The Morgan fingerprint density at radius 2 is 1.82 bits per heavy atom. The molecular formula is C23H31N5O5. The minimum Gasteiger partial charge on any atom is -0.495 e. The number of benzene rings is 1. The van der Waals surface area contributed by atoms with E-state index in [2.05, 4.69) is 15.5 Å². The zero-order valence-corrected chi connectivity index (χ0v) is 19.2. The van der Waals surface area contributed by atoms with Crippen LogP contribution in [0.5, 0.6) is 5.75 Å². The summed E-state index contributed by atoms with van der Waals surface area (Å²) in [6.07, 6.45) is 3.05. The third-order valence-corrected chi connectivity index (χ3v) is 6.78. The number of carbonyl (C=O) groups is 4. The zero-order chi connectivity index (χ0) is 23.6. The summed E-state index contributed by atoms with van der Waals surface area (Å²) in [5, 5.41) is 5.58. The van der Waals surface area contributed by atoms with Gasteiger partial charge in [0.1, 0.15) is 11.3 Å². The van der Waals surface area contributed by atoms with Crippen LogP contribution in [0.25, 0.3) is 0 Å². The average Bonchev–Trinajstić information content (AvgIpc) is 3.37. The number of methoxy groups -OCH3 is 1. The van der Waals surface area contributed by atoms with Gasteiger partial charge in [0.2, 0.25) is 5.91 Å². The van der Waals surface area contributed by atoms with Crippen LogP contribution in [0.15, 0.2) is 18.2 Å². The van der Waals surface area contributed by atoms with Crippen LogP contribution in [0.1, 0.15) is 42.5 Å². The smallest absolute Gasteiger partial charge is 0.325 e. The van der Waals surface area contributed by atoms with Gasteiger partial charge in [-0.2, -0.15) is 0 Å². The highest BCUT2D eigenvalue weighted by molar-refractivity contribution is 6.07. The van der Waals surface area contributed by atoms with Crippen LogP contribution < -0.4 is 15.4 Å². The summed E-state index contributed by atoms with van der Waals surface area (Å²) in [6, 6.07) is 4.51. The number of rotatable bonds is 6. The highest BCUT2D eigenvalue weighted by Gasteiger charge is 2.52. The fraction of sp³-hybridized carbons (Fsp3) is 0.565. The van der Waals surface area contributed by atoms with Crippen molar-refractivity contribution in [1.29, 1.82) is 0 Å². The summed E-state index contributed by atoms with van der Waals surface area (Å²) in [5.74, 6) is -0.277. The van der Waals surface area contributed by atoms with Gasteiger partial charge >= 0.3 is 6.03 Å². The molecule has 1 aliphatic carbocycles. The Balaban J connectivity index is 1.39. The molecule has 3 aliphatic rings. The van der Waals surface area contributed by atoms with Crippen LogP contribution in [-0.2, 0) is 9.59 Å². The molecule has 10 nitrogen and oxygen atoms in total. The van der Waals surface area contributed by atoms with E-state index in [1.165, 1.54) is 7.11 Å². The van der Waals surface area contributed by atoms with Crippen molar-refractivity contribution < 1.29 is 23.9 Å². The number of amides is 5. The van der Waals surface area contributed by atoms with Crippen molar-refractivity contribution in [2.45, 2.75) is 37.6 Å². The fourth-order valence-corrected chi connectivity index (χ4v) is 4.75. The van der Waals surface area contributed by atoms with E-state index in [0.29, 0.717) is 42.9 Å². The summed E-state index contributed by atoms with van der Waals surface area (Å²) in [7, 11) is 3.51. The van der Waals surface area contributed by atoms with E-state index < -0.39 is 11.6 Å². The maximum Gasteiger partial charge on any atom is 0.325 e. The van der Waals surface area contributed by atoms with Crippen molar-refractivity contribution in [2.24, 2.45) is 0 Å². The second-order valence-corrected chi connectivity index (χ2v) is 8.98. The fourth-order valence-electron chi connectivity index (χ4n) is 4.75. The molecule has 4 rings (SSSR count). The predicted molar refractivity (Wildman–Crippen MR) is 121 cm³/mol. The van der Waals surface area contributed by atoms with Gasteiger partial charge in [0, 0.05) is 44.7 Å². The highest BCUT2D eigenvalue weighted by Crippen LogP contribution is 2.35. The number of ether oxygens (including phenoxy) is 1. The maximum absolute atomic E-state index is 12.9. The second-order valence-electron chi connectivity index (χ2n) is 8.98. The van der Waals surface area contributed by atoms with E-state index in [9.17, 15) is 19.2 Å². The van der Waals surface area contributed by atoms with Crippen molar-refractivity contribution >= 4 is 29.4 Å². The van der Waals surface area contributed by atoms with Crippen molar-refractivity contribution in [2.75, 3.05) is 52.2 Å². The summed E-state index contributed by atoms with van der Waals surface area (Å²) in [4.78, 5) is 55.7. The molecule has 2 N–H and O–H groups in total. The van der Waals surface area contributed by atoms with Crippen LogP contribution in [-0.4, -0.2) is 90.9 Å². The summed E-state index contributed by atoms with van der Waals surface area (Å²) >= 11 is 0. The number of hydrogen-bond acceptors (Lipinski definition) is 6. The van der Waals surface area contributed by atoms with Gasteiger partial charge in [-0.1, -0.05) is 12.8 Å². The lowest BCUT2D eigenvalue weighted by Crippen LogP contribution is -2.47. The van der Waals surface area contributed by atoms with Gasteiger partial charge in [0.15, 0.2) is 0 Å². The van der Waals surface area contributed by atoms with E-state index in [1.54, 1.807) is 23.1 Å². The van der Waals surface area contributed by atoms with E-state index in [-0.39, 0.29) is 30.7 Å². The van der Waals surface area contributed by atoms with Gasteiger partial charge in [0.25, 0.3) is 11.8 Å². The second kappa shape index (κ2) is 9.38. The number of imide groups is 1. The van der Waals surface area contributed by atoms with Crippen molar-refractivity contribution in [1.82, 2.24) is 20.0 Å². The molecule has 0 atom stereocenters. The molecule has 0 aromatic heterocycles. The van der Waals surface area contributed by atoms with E-state index in [0.717, 1.165) is 30.8 Å². The lowest BCUT2D eigenvalue weighted by molar-refractivity contribution is -0.131. The predicted octanol–water partition coefficient (Wildman–Crippen LogP) is 1.28. The molecule has 1 saturated carbocycles. The Labute approximate surface area is 193 Å². The number of urea groups is 1. The molecule has 0 bridgehead atoms. The Hall–Kier alpha value is -3.14.